The first-order valence-corrected chi connectivity index (χ1v) is 8.15. The van der Waals surface area contributed by atoms with E-state index in [-0.39, 0.29) is 0 Å². The molecule has 2 heterocycles. The van der Waals surface area contributed by atoms with E-state index in [1.165, 1.54) is 5.69 Å². The Morgan fingerprint density at radius 1 is 1.05 bits per heavy atom. The molecule has 3 aromatic rings. The van der Waals surface area contributed by atoms with Crippen LogP contribution in [-0.2, 0) is 0 Å². The van der Waals surface area contributed by atoms with Crippen molar-refractivity contribution in [2.45, 2.75) is 18.8 Å². The van der Waals surface area contributed by atoms with Gasteiger partial charge in [0, 0.05) is 16.6 Å². The third-order valence-corrected chi connectivity index (χ3v) is 4.60. The molecule has 4 heteroatoms. The van der Waals surface area contributed by atoms with E-state index in [4.69, 9.17) is 16.6 Å². The van der Waals surface area contributed by atoms with Gasteiger partial charge in [-0.25, -0.2) is 4.98 Å². The fraction of sp³-hybridized carbons (Fsp3) is 0.278. The zero-order valence-corrected chi connectivity index (χ0v) is 13.1. The topological polar surface area (TPSA) is 29.9 Å². The Morgan fingerprint density at radius 3 is 2.59 bits per heavy atom. The third kappa shape index (κ3) is 2.40. The van der Waals surface area contributed by atoms with Gasteiger partial charge in [-0.05, 0) is 56.3 Å². The van der Waals surface area contributed by atoms with Crippen molar-refractivity contribution in [3.05, 3.63) is 59.4 Å². The highest BCUT2D eigenvalue weighted by Crippen LogP contribution is 2.31. The number of aromatic nitrogens is 2. The van der Waals surface area contributed by atoms with Crippen LogP contribution in [0.5, 0.6) is 0 Å². The third-order valence-electron chi connectivity index (χ3n) is 4.36. The van der Waals surface area contributed by atoms with Crippen molar-refractivity contribution in [3.8, 4) is 5.69 Å². The molecule has 1 fully saturated rings. The van der Waals surface area contributed by atoms with Crippen LogP contribution in [-0.4, -0.2) is 22.6 Å². The highest BCUT2D eigenvalue weighted by molar-refractivity contribution is 6.31. The Labute approximate surface area is 134 Å². The molecule has 112 valence electrons. The van der Waals surface area contributed by atoms with Crippen molar-refractivity contribution in [3.63, 3.8) is 0 Å². The Bertz CT molecular complexity index is 789. The molecule has 0 atom stereocenters. The van der Waals surface area contributed by atoms with E-state index in [2.05, 4.69) is 40.2 Å². The number of rotatable bonds is 2. The summed E-state index contributed by atoms with van der Waals surface area (Å²) < 4.78 is 2.29. The van der Waals surface area contributed by atoms with Gasteiger partial charge in [0.2, 0.25) is 0 Å². The van der Waals surface area contributed by atoms with Gasteiger partial charge in [-0.1, -0.05) is 29.8 Å². The van der Waals surface area contributed by atoms with Crippen LogP contribution in [0.2, 0.25) is 5.02 Å². The molecule has 0 unspecified atom stereocenters. The van der Waals surface area contributed by atoms with Crippen LogP contribution in [0.3, 0.4) is 0 Å². The first-order valence-electron chi connectivity index (χ1n) is 7.77. The van der Waals surface area contributed by atoms with Crippen LogP contribution >= 0.6 is 11.6 Å². The van der Waals surface area contributed by atoms with E-state index in [0.29, 0.717) is 5.92 Å². The van der Waals surface area contributed by atoms with E-state index in [9.17, 15) is 0 Å². The van der Waals surface area contributed by atoms with Crippen molar-refractivity contribution in [1.82, 2.24) is 14.9 Å². The van der Waals surface area contributed by atoms with E-state index in [0.717, 1.165) is 47.8 Å². The molecule has 0 spiro atoms. The number of nitrogens with one attached hydrogen (secondary N) is 1. The average molecular weight is 312 g/mol. The maximum absolute atomic E-state index is 6.15. The molecular weight excluding hydrogens is 294 g/mol. The minimum Gasteiger partial charge on any atom is -0.317 e. The zero-order chi connectivity index (χ0) is 14.9. The molecule has 2 aromatic carbocycles. The van der Waals surface area contributed by atoms with Crippen molar-refractivity contribution >= 4 is 22.6 Å². The lowest BCUT2D eigenvalue weighted by Crippen LogP contribution is -2.28. The molecule has 0 bridgehead atoms. The van der Waals surface area contributed by atoms with Crippen LogP contribution in [0, 0.1) is 0 Å². The number of piperidine rings is 1. The fourth-order valence-electron chi connectivity index (χ4n) is 3.27. The predicted octanol–water partition coefficient (Wildman–Crippen LogP) is 4.15. The van der Waals surface area contributed by atoms with Crippen molar-refractivity contribution < 1.29 is 0 Å². The van der Waals surface area contributed by atoms with Crippen molar-refractivity contribution in [2.24, 2.45) is 0 Å². The lowest BCUT2D eigenvalue weighted by atomic mass is 9.97. The molecule has 22 heavy (non-hydrogen) atoms. The van der Waals surface area contributed by atoms with Gasteiger partial charge in [0.25, 0.3) is 0 Å². The number of nitrogens with zero attached hydrogens (tertiary/aromatic N) is 2. The normalized spacial score (nSPS) is 16.2. The molecule has 1 aromatic heterocycles. The Balaban J connectivity index is 1.94. The maximum Gasteiger partial charge on any atom is 0.117 e. The maximum atomic E-state index is 6.15. The van der Waals surface area contributed by atoms with Crippen molar-refractivity contribution in [2.75, 3.05) is 13.1 Å². The first-order chi connectivity index (χ1) is 10.8. The van der Waals surface area contributed by atoms with Crippen LogP contribution in [0.25, 0.3) is 16.7 Å². The Morgan fingerprint density at radius 2 is 1.82 bits per heavy atom. The second kappa shape index (κ2) is 5.75. The van der Waals surface area contributed by atoms with Crippen LogP contribution in [0.1, 0.15) is 24.6 Å². The van der Waals surface area contributed by atoms with Gasteiger partial charge in [0.15, 0.2) is 0 Å². The zero-order valence-electron chi connectivity index (χ0n) is 12.3. The van der Waals surface area contributed by atoms with Gasteiger partial charge in [-0.3, -0.25) is 4.57 Å². The molecule has 0 aliphatic carbocycles. The second-order valence-electron chi connectivity index (χ2n) is 5.80. The Hall–Kier alpha value is -1.84. The summed E-state index contributed by atoms with van der Waals surface area (Å²) in [6.45, 7) is 2.12. The number of benzene rings is 2. The summed E-state index contributed by atoms with van der Waals surface area (Å²) in [5.74, 6) is 1.65. The minimum absolute atomic E-state index is 0.493. The molecule has 1 aliphatic rings. The van der Waals surface area contributed by atoms with Gasteiger partial charge < -0.3 is 5.32 Å². The number of fused-ring (bicyclic) bond motifs is 1. The largest absolute Gasteiger partial charge is 0.317 e. The van der Waals surface area contributed by atoms with Gasteiger partial charge in [-0.2, -0.15) is 0 Å². The monoisotopic (exact) mass is 311 g/mol. The molecular formula is C18H18ClN3. The molecule has 1 N–H and O–H groups in total. The fourth-order valence-corrected chi connectivity index (χ4v) is 3.44. The molecule has 0 radical (unpaired) electrons. The highest BCUT2D eigenvalue weighted by Gasteiger charge is 2.23. The quantitative estimate of drug-likeness (QED) is 0.770. The van der Waals surface area contributed by atoms with E-state index in [1.807, 2.05) is 18.2 Å². The second-order valence-corrected chi connectivity index (χ2v) is 6.23. The summed E-state index contributed by atoms with van der Waals surface area (Å²) in [4.78, 5) is 4.92. The minimum atomic E-state index is 0.493. The predicted molar refractivity (Wildman–Crippen MR) is 90.9 cm³/mol. The molecule has 3 nitrogen and oxygen atoms in total. The SMILES string of the molecule is Clc1ccc2c(c1)nc(C1CCNCC1)n2-c1ccccc1. The smallest absolute Gasteiger partial charge is 0.117 e. The summed E-state index contributed by atoms with van der Waals surface area (Å²) in [6.07, 6.45) is 2.26. The molecule has 0 amide bonds. The summed E-state index contributed by atoms with van der Waals surface area (Å²) in [5.41, 5.74) is 3.27. The number of para-hydroxylation sites is 1. The lowest BCUT2D eigenvalue weighted by Gasteiger charge is -2.23. The van der Waals surface area contributed by atoms with Crippen molar-refractivity contribution in [1.29, 1.82) is 0 Å². The lowest BCUT2D eigenvalue weighted by molar-refractivity contribution is 0.443. The van der Waals surface area contributed by atoms with Gasteiger partial charge >= 0.3 is 0 Å². The van der Waals surface area contributed by atoms with Gasteiger partial charge in [0.05, 0.1) is 11.0 Å². The van der Waals surface area contributed by atoms with Crippen LogP contribution in [0.4, 0.5) is 0 Å². The molecule has 1 aliphatic heterocycles. The van der Waals surface area contributed by atoms with Crippen LogP contribution < -0.4 is 5.32 Å². The summed E-state index contributed by atoms with van der Waals surface area (Å²) in [6, 6.07) is 16.4. The molecule has 1 saturated heterocycles. The number of halogens is 1. The van der Waals surface area contributed by atoms with E-state index in [1.54, 1.807) is 0 Å². The molecule has 0 saturated carbocycles. The van der Waals surface area contributed by atoms with Gasteiger partial charge in [-0.15, -0.1) is 0 Å². The van der Waals surface area contributed by atoms with E-state index < -0.39 is 0 Å². The molecule has 4 rings (SSSR count). The average Bonchev–Trinajstić information content (AvgIpc) is 2.95. The Kier molecular flexibility index (Phi) is 3.60. The first kappa shape index (κ1) is 13.8. The number of hydrogen-bond donors (Lipinski definition) is 1. The summed E-state index contributed by atoms with van der Waals surface area (Å²) >= 11 is 6.15. The van der Waals surface area contributed by atoms with Crippen LogP contribution in [0.15, 0.2) is 48.5 Å². The summed E-state index contributed by atoms with van der Waals surface area (Å²) in [7, 11) is 0. The summed E-state index contributed by atoms with van der Waals surface area (Å²) in [5, 5.41) is 4.17. The highest BCUT2D eigenvalue weighted by atomic mass is 35.5. The number of hydrogen-bond acceptors (Lipinski definition) is 2. The number of imidazole rings is 1. The van der Waals surface area contributed by atoms with Gasteiger partial charge in [0.1, 0.15) is 5.82 Å². The van der Waals surface area contributed by atoms with E-state index >= 15 is 0 Å². The standard InChI is InChI=1S/C18H18ClN3/c19-14-6-7-17-16(12-14)21-18(13-8-10-20-11-9-13)22(17)15-4-2-1-3-5-15/h1-7,12-13,20H,8-11H2.